The minimum atomic E-state index is -0.813. The van der Waals surface area contributed by atoms with E-state index in [9.17, 15) is 19.5 Å². The van der Waals surface area contributed by atoms with E-state index in [1.165, 1.54) is 4.90 Å². The zero-order chi connectivity index (χ0) is 23.8. The summed E-state index contributed by atoms with van der Waals surface area (Å²) in [6.07, 6.45) is 2.49. The highest BCUT2D eigenvalue weighted by Gasteiger charge is 2.38. The molecular formula is C28H26N2O4. The fourth-order valence-corrected chi connectivity index (χ4v) is 5.10. The molecule has 0 aliphatic carbocycles. The average Bonchev–Trinajstić information content (AvgIpc) is 3.09. The molecule has 0 spiro atoms. The first-order valence-corrected chi connectivity index (χ1v) is 11.6. The molecule has 5 rings (SSSR count). The van der Waals surface area contributed by atoms with Crippen molar-refractivity contribution in [2.75, 3.05) is 11.4 Å². The summed E-state index contributed by atoms with van der Waals surface area (Å²) >= 11 is 0. The van der Waals surface area contributed by atoms with Gasteiger partial charge in [-0.2, -0.15) is 0 Å². The number of nitrogens with zero attached hydrogens (tertiary/aromatic N) is 2. The molecule has 1 fully saturated rings. The zero-order valence-electron chi connectivity index (χ0n) is 19.0. The highest BCUT2D eigenvalue weighted by Crippen LogP contribution is 2.35. The van der Waals surface area contributed by atoms with Gasteiger partial charge in [0, 0.05) is 6.54 Å². The van der Waals surface area contributed by atoms with Crippen LogP contribution in [0.3, 0.4) is 0 Å². The summed E-state index contributed by atoms with van der Waals surface area (Å²) in [7, 11) is 0. The van der Waals surface area contributed by atoms with Crippen molar-refractivity contribution in [2.24, 2.45) is 0 Å². The number of carboxylic acid groups (broad SMARTS) is 1. The number of anilines is 1. The number of likely N-dealkylation sites (tertiary alicyclic amines) is 1. The zero-order valence-corrected chi connectivity index (χ0v) is 19.0. The molecule has 6 heteroatoms. The molecule has 34 heavy (non-hydrogen) atoms. The molecule has 0 bridgehead atoms. The Labute approximate surface area is 198 Å². The van der Waals surface area contributed by atoms with Gasteiger partial charge in [0.15, 0.2) is 0 Å². The topological polar surface area (TPSA) is 77.9 Å². The molecule has 3 aromatic carbocycles. The highest BCUT2D eigenvalue weighted by molar-refractivity contribution is 6.34. The van der Waals surface area contributed by atoms with Crippen LogP contribution in [0.1, 0.15) is 51.1 Å². The predicted octanol–water partition coefficient (Wildman–Crippen LogP) is 4.90. The number of benzene rings is 3. The van der Waals surface area contributed by atoms with E-state index in [1.807, 2.05) is 60.4 Å². The first-order valence-electron chi connectivity index (χ1n) is 11.6. The van der Waals surface area contributed by atoms with Gasteiger partial charge in [0.05, 0.1) is 16.8 Å². The smallest absolute Gasteiger partial charge is 0.320 e. The number of imide groups is 1. The second-order valence-electron chi connectivity index (χ2n) is 8.96. The van der Waals surface area contributed by atoms with Gasteiger partial charge in [0.2, 0.25) is 0 Å². The van der Waals surface area contributed by atoms with Crippen LogP contribution in [0, 0.1) is 6.92 Å². The van der Waals surface area contributed by atoms with Gasteiger partial charge in [0.25, 0.3) is 11.8 Å². The number of aliphatic carboxylic acids is 1. The minimum Gasteiger partial charge on any atom is -0.480 e. The van der Waals surface area contributed by atoms with Gasteiger partial charge in [-0.25, -0.2) is 4.90 Å². The molecule has 2 amide bonds. The Morgan fingerprint density at radius 2 is 1.68 bits per heavy atom. The molecule has 1 unspecified atom stereocenters. The Morgan fingerprint density at radius 3 is 2.44 bits per heavy atom. The second kappa shape index (κ2) is 8.88. The Bertz CT molecular complexity index is 1280. The monoisotopic (exact) mass is 454 g/mol. The number of fused-ring (bicyclic) bond motifs is 1. The lowest BCUT2D eigenvalue weighted by Crippen LogP contribution is -2.44. The second-order valence-corrected chi connectivity index (χ2v) is 8.96. The number of amides is 2. The van der Waals surface area contributed by atoms with Crippen LogP contribution in [0.2, 0.25) is 0 Å². The third kappa shape index (κ3) is 3.80. The molecule has 2 aliphatic rings. The Balaban J connectivity index is 1.46. The van der Waals surface area contributed by atoms with Gasteiger partial charge >= 0.3 is 5.97 Å². The van der Waals surface area contributed by atoms with Crippen LogP contribution < -0.4 is 4.90 Å². The lowest BCUT2D eigenvalue weighted by Gasteiger charge is -2.32. The third-order valence-electron chi connectivity index (χ3n) is 6.87. The van der Waals surface area contributed by atoms with Gasteiger partial charge in [-0.3, -0.25) is 19.3 Å². The molecule has 0 aromatic heterocycles. The van der Waals surface area contributed by atoms with E-state index < -0.39 is 12.0 Å². The molecule has 1 atom stereocenters. The number of piperidine rings is 1. The maximum atomic E-state index is 13.4. The third-order valence-corrected chi connectivity index (χ3v) is 6.87. The number of carboxylic acids is 1. The molecule has 2 aliphatic heterocycles. The van der Waals surface area contributed by atoms with E-state index in [2.05, 4.69) is 0 Å². The van der Waals surface area contributed by atoms with Gasteiger partial charge < -0.3 is 5.11 Å². The first-order chi connectivity index (χ1) is 16.5. The van der Waals surface area contributed by atoms with Crippen molar-refractivity contribution in [2.45, 2.75) is 38.8 Å². The number of hydrogen-bond acceptors (Lipinski definition) is 4. The summed E-state index contributed by atoms with van der Waals surface area (Å²) in [5, 5.41) is 9.56. The summed E-state index contributed by atoms with van der Waals surface area (Å²) in [6, 6.07) is 20.3. The molecular weight excluding hydrogens is 428 g/mol. The SMILES string of the molecule is Cc1c(-c2ccccc2)cccc1N1C(=O)c2ccc(CN3CCCCC3C(=O)O)cc2C1=O. The molecule has 3 aromatic rings. The van der Waals surface area contributed by atoms with E-state index in [4.69, 9.17) is 0 Å². The summed E-state index contributed by atoms with van der Waals surface area (Å²) in [4.78, 5) is 41.5. The van der Waals surface area contributed by atoms with Crippen molar-refractivity contribution < 1.29 is 19.5 Å². The largest absolute Gasteiger partial charge is 0.480 e. The number of carbonyl (C=O) groups is 3. The van der Waals surface area contributed by atoms with Crippen molar-refractivity contribution in [1.29, 1.82) is 0 Å². The van der Waals surface area contributed by atoms with Crippen LogP contribution in [0.15, 0.2) is 66.7 Å². The summed E-state index contributed by atoms with van der Waals surface area (Å²) < 4.78 is 0. The van der Waals surface area contributed by atoms with Crippen molar-refractivity contribution in [3.05, 3.63) is 89.0 Å². The molecule has 1 N–H and O–H groups in total. The van der Waals surface area contributed by atoms with E-state index >= 15 is 0 Å². The fraction of sp³-hybridized carbons (Fsp3) is 0.250. The molecule has 0 radical (unpaired) electrons. The normalized spacial score (nSPS) is 18.3. The molecule has 2 heterocycles. The van der Waals surface area contributed by atoms with Gasteiger partial charge in [0.1, 0.15) is 6.04 Å². The predicted molar refractivity (Wildman–Crippen MR) is 130 cm³/mol. The van der Waals surface area contributed by atoms with Crippen LogP contribution >= 0.6 is 0 Å². The van der Waals surface area contributed by atoms with Crippen LogP contribution in [-0.4, -0.2) is 40.4 Å². The van der Waals surface area contributed by atoms with E-state index in [-0.39, 0.29) is 11.8 Å². The average molecular weight is 455 g/mol. The highest BCUT2D eigenvalue weighted by atomic mass is 16.4. The minimum absolute atomic E-state index is 0.332. The number of carbonyl (C=O) groups excluding carboxylic acids is 2. The van der Waals surface area contributed by atoms with Crippen LogP contribution in [0.5, 0.6) is 0 Å². The summed E-state index contributed by atoms with van der Waals surface area (Å²) in [5.41, 5.74) is 5.03. The molecule has 1 saturated heterocycles. The molecule has 172 valence electrons. The van der Waals surface area contributed by atoms with Crippen molar-refractivity contribution >= 4 is 23.5 Å². The van der Waals surface area contributed by atoms with Crippen molar-refractivity contribution in [3.63, 3.8) is 0 Å². The lowest BCUT2D eigenvalue weighted by molar-refractivity contribution is -0.144. The van der Waals surface area contributed by atoms with Gasteiger partial charge in [-0.1, -0.05) is 55.0 Å². The first kappa shape index (κ1) is 22.0. The Kier molecular flexibility index (Phi) is 5.75. The Morgan fingerprint density at radius 1 is 0.912 bits per heavy atom. The Hall–Kier alpha value is -3.77. The van der Waals surface area contributed by atoms with E-state index in [0.29, 0.717) is 36.3 Å². The maximum absolute atomic E-state index is 13.4. The standard InChI is InChI=1S/C28H26N2O4/c1-18-21(20-8-3-2-4-9-20)10-7-12-24(18)30-26(31)22-14-13-19(16-23(22)27(30)32)17-29-15-6-5-11-25(29)28(33)34/h2-4,7-10,12-14,16,25H,5-6,11,15,17H2,1H3,(H,33,34). The summed E-state index contributed by atoms with van der Waals surface area (Å²) in [5.74, 6) is -1.49. The van der Waals surface area contributed by atoms with E-state index in [1.54, 1.807) is 18.2 Å². The number of hydrogen-bond donors (Lipinski definition) is 1. The van der Waals surface area contributed by atoms with Crippen molar-refractivity contribution in [1.82, 2.24) is 4.90 Å². The maximum Gasteiger partial charge on any atom is 0.320 e. The molecule has 6 nitrogen and oxygen atoms in total. The van der Waals surface area contributed by atoms with Crippen LogP contribution in [0.4, 0.5) is 5.69 Å². The van der Waals surface area contributed by atoms with Gasteiger partial charge in [-0.15, -0.1) is 0 Å². The van der Waals surface area contributed by atoms with Crippen LogP contribution in [0.25, 0.3) is 11.1 Å². The van der Waals surface area contributed by atoms with Crippen LogP contribution in [-0.2, 0) is 11.3 Å². The van der Waals surface area contributed by atoms with Crippen molar-refractivity contribution in [3.8, 4) is 11.1 Å². The summed E-state index contributed by atoms with van der Waals surface area (Å²) in [6.45, 7) is 3.07. The lowest BCUT2D eigenvalue weighted by atomic mass is 9.99. The van der Waals surface area contributed by atoms with E-state index in [0.717, 1.165) is 35.1 Å². The molecule has 0 saturated carbocycles. The quantitative estimate of drug-likeness (QED) is 0.555. The fourth-order valence-electron chi connectivity index (χ4n) is 5.10. The van der Waals surface area contributed by atoms with Gasteiger partial charge in [-0.05, 0) is 66.8 Å². The number of rotatable bonds is 5.